The van der Waals surface area contributed by atoms with Crippen molar-refractivity contribution in [2.75, 3.05) is 0 Å². The van der Waals surface area contributed by atoms with E-state index in [1.165, 1.54) is 24.3 Å². The number of rotatable bonds is 1. The maximum atomic E-state index is 10.2. The number of phenolic OH excluding ortho intramolecular Hbond substituents is 3. The Labute approximate surface area is 115 Å². The predicted molar refractivity (Wildman–Crippen MR) is 71.0 cm³/mol. The zero-order chi connectivity index (χ0) is 14.3. The van der Waals surface area contributed by atoms with E-state index in [0.717, 1.165) is 0 Å². The van der Waals surface area contributed by atoms with Crippen LogP contribution in [0.2, 0.25) is 0 Å². The van der Waals surface area contributed by atoms with Crippen LogP contribution in [0.5, 0.6) is 23.0 Å². The highest BCUT2D eigenvalue weighted by atomic mass is 16.5. The first-order valence-corrected chi connectivity index (χ1v) is 6.23. The molecule has 0 aromatic heterocycles. The van der Waals surface area contributed by atoms with E-state index >= 15 is 0 Å². The third-order valence-corrected chi connectivity index (χ3v) is 3.39. The van der Waals surface area contributed by atoms with Crippen LogP contribution in [0, 0.1) is 0 Å². The summed E-state index contributed by atoms with van der Waals surface area (Å²) in [4.78, 5) is 0. The topological polar surface area (TPSA) is 90.2 Å². The van der Waals surface area contributed by atoms with Crippen LogP contribution in [0.1, 0.15) is 17.2 Å². The fourth-order valence-electron chi connectivity index (χ4n) is 2.45. The SMILES string of the molecule is Oc1cccc([C@@H]2Oc3cc(O)cc(O)c3C[C@@H]2O)c1. The summed E-state index contributed by atoms with van der Waals surface area (Å²) in [5, 5.41) is 38.9. The van der Waals surface area contributed by atoms with E-state index in [-0.39, 0.29) is 23.7 Å². The van der Waals surface area contributed by atoms with Crippen molar-refractivity contribution < 1.29 is 25.2 Å². The number of aliphatic hydroxyl groups excluding tert-OH is 1. The van der Waals surface area contributed by atoms with E-state index in [1.807, 2.05) is 0 Å². The average molecular weight is 274 g/mol. The summed E-state index contributed by atoms with van der Waals surface area (Å²) in [7, 11) is 0. The number of hydrogen-bond acceptors (Lipinski definition) is 5. The van der Waals surface area contributed by atoms with Crippen molar-refractivity contribution in [2.24, 2.45) is 0 Å². The van der Waals surface area contributed by atoms with Gasteiger partial charge in [-0.1, -0.05) is 12.1 Å². The first-order valence-electron chi connectivity index (χ1n) is 6.23. The lowest BCUT2D eigenvalue weighted by atomic mass is 9.94. The van der Waals surface area contributed by atoms with Crippen LogP contribution < -0.4 is 4.74 Å². The summed E-state index contributed by atoms with van der Waals surface area (Å²) < 4.78 is 5.67. The number of aliphatic hydroxyl groups is 1. The Morgan fingerprint density at radius 1 is 1.00 bits per heavy atom. The summed E-state index contributed by atoms with van der Waals surface area (Å²) in [6, 6.07) is 9.06. The molecule has 0 fully saturated rings. The van der Waals surface area contributed by atoms with Crippen molar-refractivity contribution in [2.45, 2.75) is 18.6 Å². The molecule has 0 radical (unpaired) electrons. The minimum atomic E-state index is -0.847. The highest BCUT2D eigenvalue weighted by molar-refractivity contribution is 5.51. The lowest BCUT2D eigenvalue weighted by Crippen LogP contribution is -2.30. The van der Waals surface area contributed by atoms with Gasteiger partial charge in [-0.3, -0.25) is 0 Å². The molecule has 0 spiro atoms. The molecule has 0 saturated heterocycles. The molecule has 0 amide bonds. The van der Waals surface area contributed by atoms with E-state index in [9.17, 15) is 20.4 Å². The number of aromatic hydroxyl groups is 3. The lowest BCUT2D eigenvalue weighted by Gasteiger charge is -2.31. The molecule has 2 aromatic carbocycles. The highest BCUT2D eigenvalue weighted by Crippen LogP contribution is 2.41. The van der Waals surface area contributed by atoms with Gasteiger partial charge in [-0.2, -0.15) is 0 Å². The quantitative estimate of drug-likeness (QED) is 0.637. The second kappa shape index (κ2) is 4.61. The van der Waals surface area contributed by atoms with Gasteiger partial charge >= 0.3 is 0 Å². The normalized spacial score (nSPS) is 21.1. The molecule has 5 nitrogen and oxygen atoms in total. The molecule has 2 atom stereocenters. The minimum Gasteiger partial charge on any atom is -0.508 e. The number of fused-ring (bicyclic) bond motifs is 1. The standard InChI is InChI=1S/C15H14O5/c16-9-3-1-2-8(4-9)15-13(19)7-11-12(18)5-10(17)6-14(11)20-15/h1-6,13,15-19H,7H2/t13-,15-/m0/s1. The molecule has 0 unspecified atom stereocenters. The van der Waals surface area contributed by atoms with Crippen molar-refractivity contribution in [1.29, 1.82) is 0 Å². The number of ether oxygens (including phenoxy) is 1. The van der Waals surface area contributed by atoms with Crippen LogP contribution in [0.4, 0.5) is 0 Å². The van der Waals surface area contributed by atoms with Crippen molar-refractivity contribution >= 4 is 0 Å². The molecule has 0 bridgehead atoms. The maximum absolute atomic E-state index is 10.2. The van der Waals surface area contributed by atoms with Crippen molar-refractivity contribution in [3.05, 3.63) is 47.5 Å². The Morgan fingerprint density at radius 3 is 2.55 bits per heavy atom. The van der Waals surface area contributed by atoms with Crippen LogP contribution in [-0.2, 0) is 6.42 Å². The third-order valence-electron chi connectivity index (χ3n) is 3.39. The Morgan fingerprint density at radius 2 is 1.80 bits per heavy atom. The molecule has 5 heteroatoms. The van der Waals surface area contributed by atoms with E-state index in [0.29, 0.717) is 16.9 Å². The summed E-state index contributed by atoms with van der Waals surface area (Å²) in [5.74, 6) is 0.213. The van der Waals surface area contributed by atoms with Crippen LogP contribution >= 0.6 is 0 Å². The Kier molecular flexibility index (Phi) is 2.91. The molecule has 3 rings (SSSR count). The molecular formula is C15H14O5. The minimum absolute atomic E-state index is 0.0860. The summed E-state index contributed by atoms with van der Waals surface area (Å²) in [6.07, 6.45) is -1.29. The maximum Gasteiger partial charge on any atom is 0.150 e. The lowest BCUT2D eigenvalue weighted by molar-refractivity contribution is 0.0197. The van der Waals surface area contributed by atoms with Crippen molar-refractivity contribution in [1.82, 2.24) is 0 Å². The largest absolute Gasteiger partial charge is 0.508 e. The fourth-order valence-corrected chi connectivity index (χ4v) is 2.45. The molecule has 1 aliphatic heterocycles. The third kappa shape index (κ3) is 2.12. The van der Waals surface area contributed by atoms with E-state index in [1.54, 1.807) is 12.1 Å². The fraction of sp³-hybridized carbons (Fsp3) is 0.200. The smallest absolute Gasteiger partial charge is 0.150 e. The average Bonchev–Trinajstić information content (AvgIpc) is 2.39. The molecule has 1 aliphatic rings. The summed E-state index contributed by atoms with van der Waals surface area (Å²) in [6.45, 7) is 0. The molecule has 2 aromatic rings. The Bertz CT molecular complexity index is 653. The molecule has 0 aliphatic carbocycles. The summed E-state index contributed by atoms with van der Waals surface area (Å²) in [5.41, 5.74) is 1.10. The van der Waals surface area contributed by atoms with Crippen molar-refractivity contribution in [3.63, 3.8) is 0 Å². The van der Waals surface area contributed by atoms with Gasteiger partial charge in [0.05, 0.1) is 6.10 Å². The van der Waals surface area contributed by atoms with Crippen molar-refractivity contribution in [3.8, 4) is 23.0 Å². The second-order valence-corrected chi connectivity index (χ2v) is 4.85. The molecule has 4 N–H and O–H groups in total. The molecule has 20 heavy (non-hydrogen) atoms. The molecule has 104 valence electrons. The van der Waals surface area contributed by atoms with Crippen LogP contribution in [0.15, 0.2) is 36.4 Å². The van der Waals surface area contributed by atoms with Crippen LogP contribution in [0.25, 0.3) is 0 Å². The van der Waals surface area contributed by atoms with E-state index in [4.69, 9.17) is 4.74 Å². The monoisotopic (exact) mass is 274 g/mol. The van der Waals surface area contributed by atoms with E-state index < -0.39 is 12.2 Å². The number of hydrogen-bond donors (Lipinski definition) is 4. The Hall–Kier alpha value is -2.40. The van der Waals surface area contributed by atoms with Gasteiger partial charge in [0.1, 0.15) is 29.1 Å². The number of benzene rings is 2. The van der Waals surface area contributed by atoms with Gasteiger partial charge in [0, 0.05) is 24.1 Å². The predicted octanol–water partition coefficient (Wildman–Crippen LogP) is 1.84. The molecule has 1 heterocycles. The summed E-state index contributed by atoms with van der Waals surface area (Å²) >= 11 is 0. The van der Waals surface area contributed by atoms with Gasteiger partial charge in [-0.05, 0) is 17.7 Å². The Balaban J connectivity index is 2.00. The van der Waals surface area contributed by atoms with Gasteiger partial charge in [-0.15, -0.1) is 0 Å². The second-order valence-electron chi connectivity index (χ2n) is 4.85. The van der Waals surface area contributed by atoms with E-state index in [2.05, 4.69) is 0 Å². The van der Waals surface area contributed by atoms with Crippen LogP contribution in [-0.4, -0.2) is 26.5 Å². The zero-order valence-corrected chi connectivity index (χ0v) is 10.5. The van der Waals surface area contributed by atoms with Gasteiger partial charge in [0.15, 0.2) is 0 Å². The van der Waals surface area contributed by atoms with Crippen LogP contribution in [0.3, 0.4) is 0 Å². The van der Waals surface area contributed by atoms with Gasteiger partial charge in [0.2, 0.25) is 0 Å². The van der Waals surface area contributed by atoms with Gasteiger partial charge < -0.3 is 25.2 Å². The highest BCUT2D eigenvalue weighted by Gasteiger charge is 2.32. The van der Waals surface area contributed by atoms with Gasteiger partial charge in [0.25, 0.3) is 0 Å². The molecule has 0 saturated carbocycles. The number of phenols is 3. The first-order chi connectivity index (χ1) is 9.54. The zero-order valence-electron chi connectivity index (χ0n) is 10.5. The molecular weight excluding hydrogens is 260 g/mol. The van der Waals surface area contributed by atoms with Gasteiger partial charge in [-0.25, -0.2) is 0 Å². The first kappa shape index (κ1) is 12.6.